The van der Waals surface area contributed by atoms with Crippen LogP contribution in [-0.2, 0) is 20.7 Å². The molecule has 3 N–H and O–H groups in total. The van der Waals surface area contributed by atoms with Crippen molar-refractivity contribution in [2.75, 3.05) is 30.0 Å². The number of aryl methyl sites for hydroxylation is 1. The first-order valence-electron chi connectivity index (χ1n) is 8.61. The van der Waals surface area contributed by atoms with Crippen LogP contribution in [0.3, 0.4) is 0 Å². The van der Waals surface area contributed by atoms with Gasteiger partial charge in [0.2, 0.25) is 11.8 Å². The van der Waals surface area contributed by atoms with Crippen molar-refractivity contribution in [1.82, 2.24) is 0 Å². The Morgan fingerprint density at radius 3 is 2.79 bits per heavy atom. The number of carbonyl (C=O) groups is 2. The molecule has 24 heavy (non-hydrogen) atoms. The standard InChI is InChI=1S/C18H25N3O3/c1-12(22)21-8-2-3-14-11-15(4-5-16(14)21)20-18(23)17(19)13-6-9-24-10-7-13/h4-5,11,13,17H,2-3,6-10,19H2,1H3,(H,20,23). The van der Waals surface area contributed by atoms with Crippen LogP contribution in [0.4, 0.5) is 11.4 Å². The van der Waals surface area contributed by atoms with Crippen molar-refractivity contribution < 1.29 is 14.3 Å². The average Bonchev–Trinajstić information content (AvgIpc) is 2.61. The lowest BCUT2D eigenvalue weighted by Gasteiger charge is -2.29. The van der Waals surface area contributed by atoms with Gasteiger partial charge in [0.05, 0.1) is 6.04 Å². The Balaban J connectivity index is 1.69. The Morgan fingerprint density at radius 2 is 2.08 bits per heavy atom. The zero-order valence-corrected chi connectivity index (χ0v) is 14.1. The molecule has 6 heteroatoms. The molecule has 2 amide bonds. The minimum Gasteiger partial charge on any atom is -0.381 e. The molecule has 1 fully saturated rings. The number of nitrogens with zero attached hydrogens (tertiary/aromatic N) is 1. The highest BCUT2D eigenvalue weighted by atomic mass is 16.5. The van der Waals surface area contributed by atoms with Crippen LogP contribution >= 0.6 is 0 Å². The highest BCUT2D eigenvalue weighted by Crippen LogP contribution is 2.30. The summed E-state index contributed by atoms with van der Waals surface area (Å²) in [7, 11) is 0. The molecule has 3 rings (SSSR count). The van der Waals surface area contributed by atoms with Crippen LogP contribution in [0.2, 0.25) is 0 Å². The predicted molar refractivity (Wildman–Crippen MR) is 92.9 cm³/mol. The summed E-state index contributed by atoms with van der Waals surface area (Å²) in [4.78, 5) is 25.9. The van der Waals surface area contributed by atoms with E-state index >= 15 is 0 Å². The number of hydrogen-bond donors (Lipinski definition) is 2. The van der Waals surface area contributed by atoms with Gasteiger partial charge < -0.3 is 20.7 Å². The quantitative estimate of drug-likeness (QED) is 0.882. The smallest absolute Gasteiger partial charge is 0.241 e. The number of amides is 2. The molecule has 6 nitrogen and oxygen atoms in total. The number of rotatable bonds is 3. The van der Waals surface area contributed by atoms with Gasteiger partial charge in [-0.2, -0.15) is 0 Å². The Labute approximate surface area is 142 Å². The number of fused-ring (bicyclic) bond motifs is 1. The van der Waals surface area contributed by atoms with Gasteiger partial charge in [-0.25, -0.2) is 0 Å². The van der Waals surface area contributed by atoms with E-state index in [-0.39, 0.29) is 17.7 Å². The summed E-state index contributed by atoms with van der Waals surface area (Å²) in [6.07, 6.45) is 3.50. The zero-order chi connectivity index (χ0) is 17.1. The van der Waals surface area contributed by atoms with Crippen LogP contribution in [0, 0.1) is 5.92 Å². The van der Waals surface area contributed by atoms with Gasteiger partial charge in [0.1, 0.15) is 0 Å². The summed E-state index contributed by atoms with van der Waals surface area (Å²) in [5, 5.41) is 2.92. The number of nitrogens with one attached hydrogen (secondary N) is 1. The fourth-order valence-electron chi connectivity index (χ4n) is 3.52. The van der Waals surface area contributed by atoms with Crippen molar-refractivity contribution in [2.24, 2.45) is 11.7 Å². The topological polar surface area (TPSA) is 84.7 Å². The maximum atomic E-state index is 12.4. The zero-order valence-electron chi connectivity index (χ0n) is 14.1. The van der Waals surface area contributed by atoms with E-state index in [1.165, 1.54) is 0 Å². The molecule has 2 aliphatic rings. The van der Waals surface area contributed by atoms with Crippen LogP contribution in [-0.4, -0.2) is 37.6 Å². The van der Waals surface area contributed by atoms with Crippen molar-refractivity contribution in [3.63, 3.8) is 0 Å². The molecule has 1 aromatic carbocycles. The summed E-state index contributed by atoms with van der Waals surface area (Å²) in [5.41, 5.74) is 8.90. The van der Waals surface area contributed by atoms with E-state index in [2.05, 4.69) is 5.32 Å². The number of nitrogens with two attached hydrogens (primary N) is 1. The van der Waals surface area contributed by atoms with Gasteiger partial charge in [-0.1, -0.05) is 0 Å². The summed E-state index contributed by atoms with van der Waals surface area (Å²) in [6.45, 7) is 3.68. The predicted octanol–water partition coefficient (Wildman–Crippen LogP) is 1.68. The van der Waals surface area contributed by atoms with Gasteiger partial charge in [-0.3, -0.25) is 9.59 Å². The van der Waals surface area contributed by atoms with E-state index in [1.807, 2.05) is 18.2 Å². The summed E-state index contributed by atoms with van der Waals surface area (Å²) >= 11 is 0. The molecule has 0 saturated carbocycles. The van der Waals surface area contributed by atoms with E-state index in [1.54, 1.807) is 11.8 Å². The highest BCUT2D eigenvalue weighted by molar-refractivity contribution is 5.96. The molecular formula is C18H25N3O3. The summed E-state index contributed by atoms with van der Waals surface area (Å²) in [5.74, 6) is 0.0694. The number of ether oxygens (including phenoxy) is 1. The van der Waals surface area contributed by atoms with Crippen molar-refractivity contribution in [1.29, 1.82) is 0 Å². The van der Waals surface area contributed by atoms with E-state index < -0.39 is 6.04 Å². The molecule has 0 radical (unpaired) electrons. The second kappa shape index (κ2) is 7.32. The molecule has 0 bridgehead atoms. The molecular weight excluding hydrogens is 306 g/mol. The fourth-order valence-corrected chi connectivity index (χ4v) is 3.52. The van der Waals surface area contributed by atoms with Gasteiger partial charge in [0.25, 0.3) is 0 Å². The number of anilines is 2. The second-order valence-corrected chi connectivity index (χ2v) is 6.58. The Kier molecular flexibility index (Phi) is 5.16. The third-order valence-electron chi connectivity index (χ3n) is 4.92. The lowest BCUT2D eigenvalue weighted by Crippen LogP contribution is -2.44. The molecule has 0 aromatic heterocycles. The molecule has 2 aliphatic heterocycles. The number of carbonyl (C=O) groups excluding carboxylic acids is 2. The second-order valence-electron chi connectivity index (χ2n) is 6.58. The Hall–Kier alpha value is -1.92. The van der Waals surface area contributed by atoms with Gasteiger partial charge in [-0.05, 0) is 55.4 Å². The average molecular weight is 331 g/mol. The summed E-state index contributed by atoms with van der Waals surface area (Å²) < 4.78 is 5.32. The molecule has 2 heterocycles. The first kappa shape index (κ1) is 16.9. The maximum absolute atomic E-state index is 12.4. The molecule has 1 unspecified atom stereocenters. The SMILES string of the molecule is CC(=O)N1CCCc2cc(NC(=O)C(N)C3CCOCC3)ccc21. The van der Waals surface area contributed by atoms with E-state index in [4.69, 9.17) is 10.5 Å². The van der Waals surface area contributed by atoms with Gasteiger partial charge in [-0.15, -0.1) is 0 Å². The lowest BCUT2D eigenvalue weighted by molar-refractivity contribution is -0.119. The van der Waals surface area contributed by atoms with Crippen molar-refractivity contribution >= 4 is 23.2 Å². The first-order valence-corrected chi connectivity index (χ1v) is 8.61. The third kappa shape index (κ3) is 3.60. The first-order chi connectivity index (χ1) is 11.6. The van der Waals surface area contributed by atoms with Crippen LogP contribution in [0.15, 0.2) is 18.2 Å². The molecule has 130 valence electrons. The van der Waals surface area contributed by atoms with Crippen LogP contribution in [0.25, 0.3) is 0 Å². The van der Waals surface area contributed by atoms with E-state index in [0.717, 1.165) is 49.2 Å². The summed E-state index contributed by atoms with van der Waals surface area (Å²) in [6, 6.07) is 5.19. The van der Waals surface area contributed by atoms with E-state index in [0.29, 0.717) is 13.2 Å². The molecule has 1 saturated heterocycles. The number of hydrogen-bond acceptors (Lipinski definition) is 4. The lowest BCUT2D eigenvalue weighted by atomic mass is 9.92. The largest absolute Gasteiger partial charge is 0.381 e. The van der Waals surface area contributed by atoms with Gasteiger partial charge >= 0.3 is 0 Å². The highest BCUT2D eigenvalue weighted by Gasteiger charge is 2.27. The third-order valence-corrected chi connectivity index (χ3v) is 4.92. The van der Waals surface area contributed by atoms with Gasteiger partial charge in [0, 0.05) is 38.1 Å². The van der Waals surface area contributed by atoms with Crippen molar-refractivity contribution in [2.45, 2.75) is 38.6 Å². The minimum absolute atomic E-state index is 0.0503. The van der Waals surface area contributed by atoms with Crippen LogP contribution in [0.1, 0.15) is 31.7 Å². The molecule has 1 aromatic rings. The Morgan fingerprint density at radius 1 is 1.33 bits per heavy atom. The fraction of sp³-hybridized carbons (Fsp3) is 0.556. The molecule has 1 atom stereocenters. The normalized spacial score (nSPS) is 19.5. The minimum atomic E-state index is -0.515. The van der Waals surface area contributed by atoms with Crippen LogP contribution in [0.5, 0.6) is 0 Å². The van der Waals surface area contributed by atoms with E-state index in [9.17, 15) is 9.59 Å². The number of benzene rings is 1. The molecule has 0 spiro atoms. The van der Waals surface area contributed by atoms with Gasteiger partial charge in [0.15, 0.2) is 0 Å². The monoisotopic (exact) mass is 331 g/mol. The molecule has 0 aliphatic carbocycles. The van der Waals surface area contributed by atoms with Crippen LogP contribution < -0.4 is 16.0 Å². The Bertz CT molecular complexity index is 626. The maximum Gasteiger partial charge on any atom is 0.241 e. The van der Waals surface area contributed by atoms with Crippen molar-refractivity contribution in [3.8, 4) is 0 Å². The van der Waals surface area contributed by atoms with Crippen molar-refractivity contribution in [3.05, 3.63) is 23.8 Å².